The molecule has 0 heterocycles. The number of hydrogen-bond donors (Lipinski definition) is 2. The van der Waals surface area contributed by atoms with Crippen LogP contribution in [0.15, 0.2) is 4.99 Å². The molecule has 0 radical (unpaired) electrons. The minimum atomic E-state index is -4.27. The van der Waals surface area contributed by atoms with Crippen molar-refractivity contribution in [2.75, 3.05) is 24.6 Å². The second kappa shape index (κ2) is 49.0. The summed E-state index contributed by atoms with van der Waals surface area (Å²) in [6.45, 7) is 4.32. The molecule has 0 aromatic rings. The van der Waals surface area contributed by atoms with E-state index in [1.54, 1.807) is 0 Å². The van der Waals surface area contributed by atoms with Gasteiger partial charge in [0.2, 0.25) is 5.91 Å². The van der Waals surface area contributed by atoms with Crippen LogP contribution in [0.2, 0.25) is 0 Å². The van der Waals surface area contributed by atoms with Crippen molar-refractivity contribution in [3.8, 4) is 0 Å². The fourth-order valence-electron chi connectivity index (χ4n) is 7.13. The van der Waals surface area contributed by atoms with E-state index >= 15 is 0 Å². The molecule has 0 unspecified atom stereocenters. The average molecular weight is 905 g/mol. The number of nitrogens with one attached hydrogen (secondary N) is 1. The van der Waals surface area contributed by atoms with Crippen LogP contribution < -0.4 is 10.4 Å². The fourth-order valence-corrected chi connectivity index (χ4v) is 7.81. The van der Waals surface area contributed by atoms with Crippen LogP contribution in [0.25, 0.3) is 0 Å². The summed E-state index contributed by atoms with van der Waals surface area (Å²) in [6, 6.07) is 0. The van der Waals surface area contributed by atoms with E-state index in [1.165, 1.54) is 193 Å². The largest absolute Gasteiger partial charge is 2.00 e. The summed E-state index contributed by atoms with van der Waals surface area (Å²) in [5.41, 5.74) is 0. The van der Waals surface area contributed by atoms with E-state index in [2.05, 4.69) is 24.2 Å². The molecular formula is C46H92CaN2O8S2. The summed E-state index contributed by atoms with van der Waals surface area (Å²) in [7, 11) is -8.26. The van der Waals surface area contributed by atoms with Crippen molar-refractivity contribution in [2.45, 2.75) is 258 Å². The fraction of sp³-hybridized carbons (Fsp3) is 0.957. The Morgan fingerprint density at radius 1 is 0.475 bits per heavy atom. The molecule has 0 aliphatic carbocycles. The van der Waals surface area contributed by atoms with Gasteiger partial charge in [-0.15, -0.1) is 0 Å². The van der Waals surface area contributed by atoms with E-state index in [0.717, 1.165) is 38.5 Å². The van der Waals surface area contributed by atoms with Gasteiger partial charge in [-0.25, -0.2) is 8.42 Å². The first-order valence-electron chi connectivity index (χ1n) is 24.3. The van der Waals surface area contributed by atoms with E-state index < -0.39 is 31.7 Å². The Balaban J connectivity index is -0.00000105. The van der Waals surface area contributed by atoms with Crippen molar-refractivity contribution in [1.29, 1.82) is 0 Å². The second-order valence-corrected chi connectivity index (χ2v) is 19.8. The van der Waals surface area contributed by atoms with Gasteiger partial charge >= 0.3 is 37.7 Å². The molecule has 0 bridgehead atoms. The Morgan fingerprint density at radius 2 is 0.746 bits per heavy atom. The molecule has 0 aromatic carbocycles. The number of unbranched alkanes of at least 4 members (excludes halogenated alkanes) is 34. The Labute approximate surface area is 395 Å². The van der Waals surface area contributed by atoms with Crippen molar-refractivity contribution < 1.29 is 35.8 Å². The predicted octanol–water partition coefficient (Wildman–Crippen LogP) is 11.8. The third-order valence-electron chi connectivity index (χ3n) is 10.8. The van der Waals surface area contributed by atoms with Gasteiger partial charge < -0.3 is 20.0 Å². The smallest absolute Gasteiger partial charge is 0.862 e. The van der Waals surface area contributed by atoms with Crippen LogP contribution >= 0.6 is 0 Å². The monoisotopic (exact) mass is 905 g/mol. The summed E-state index contributed by atoms with van der Waals surface area (Å²) in [6.07, 6.45) is 48.0. The van der Waals surface area contributed by atoms with Gasteiger partial charge in [0.15, 0.2) is 0 Å². The first kappa shape index (κ1) is 63.3. The zero-order valence-corrected chi connectivity index (χ0v) is 42.3. The van der Waals surface area contributed by atoms with Crippen LogP contribution in [0.5, 0.6) is 0 Å². The van der Waals surface area contributed by atoms with Gasteiger partial charge in [-0.1, -0.05) is 232 Å². The molecule has 0 saturated carbocycles. The van der Waals surface area contributed by atoms with Crippen LogP contribution in [0.1, 0.15) is 258 Å². The van der Waals surface area contributed by atoms with Gasteiger partial charge in [0.05, 0.1) is 28.2 Å². The van der Waals surface area contributed by atoms with Gasteiger partial charge in [-0.3, -0.25) is 9.35 Å². The van der Waals surface area contributed by atoms with Crippen molar-refractivity contribution in [3.63, 3.8) is 0 Å². The molecule has 0 fully saturated rings. The number of carbonyl (C=O) groups is 1. The summed E-state index contributed by atoms with van der Waals surface area (Å²) < 4.78 is 61.0. The first-order valence-corrected chi connectivity index (χ1v) is 27.5. The minimum absolute atomic E-state index is 0. The predicted molar refractivity (Wildman–Crippen MR) is 249 cm³/mol. The van der Waals surface area contributed by atoms with Crippen LogP contribution in [0, 0.1) is 0 Å². The molecular weight excluding hydrogens is 813 g/mol. The summed E-state index contributed by atoms with van der Waals surface area (Å²) >= 11 is 0. The number of nitrogens with zero attached hydrogens (tertiary/aromatic N) is 1. The number of amides is 1. The molecule has 348 valence electrons. The molecule has 0 atom stereocenters. The van der Waals surface area contributed by atoms with E-state index in [-0.39, 0.29) is 62.6 Å². The quantitative estimate of drug-likeness (QED) is 0.0200. The molecule has 0 aliphatic heterocycles. The van der Waals surface area contributed by atoms with E-state index in [1.807, 2.05) is 0 Å². The van der Waals surface area contributed by atoms with Gasteiger partial charge in [0.25, 0.3) is 10.1 Å². The van der Waals surface area contributed by atoms with Crippen LogP contribution in [0.3, 0.4) is 0 Å². The summed E-state index contributed by atoms with van der Waals surface area (Å²) in [4.78, 5) is 15.1. The van der Waals surface area contributed by atoms with Gasteiger partial charge in [-0.05, 0) is 25.2 Å². The van der Waals surface area contributed by atoms with E-state index in [4.69, 9.17) is 4.55 Å². The Kier molecular flexibility index (Phi) is 52.6. The molecule has 2 N–H and O–H groups in total. The van der Waals surface area contributed by atoms with Gasteiger partial charge in [-0.2, -0.15) is 8.42 Å². The van der Waals surface area contributed by atoms with Crippen LogP contribution in [0.4, 0.5) is 0 Å². The molecule has 10 nitrogen and oxygen atoms in total. The number of rotatable bonds is 44. The van der Waals surface area contributed by atoms with Crippen molar-refractivity contribution in [2.24, 2.45) is 4.99 Å². The number of hydrogen-bond acceptors (Lipinski definition) is 8. The standard InChI is InChI=1S/2C23H47NO4S.Ca/c2*1-2-3-4-5-6-7-8-9-10-11-12-13-14-15-16-17-18-19-20-23(25)24-21-22-29(26,27)28;/h2*2-22H2,1H3,(H,24,25)(H,26,27,28);/q;;+2/p-2. The molecule has 59 heavy (non-hydrogen) atoms. The molecule has 13 heteroatoms. The maximum absolute atomic E-state index is 11.5. The van der Waals surface area contributed by atoms with Crippen LogP contribution in [-0.4, -0.2) is 100 Å². The molecule has 0 aromatic heterocycles. The van der Waals surface area contributed by atoms with Crippen molar-refractivity contribution >= 4 is 69.8 Å². The van der Waals surface area contributed by atoms with Crippen LogP contribution in [-0.2, 0) is 25.0 Å². The van der Waals surface area contributed by atoms with E-state index in [0.29, 0.717) is 12.8 Å². The summed E-state index contributed by atoms with van der Waals surface area (Å²) in [5, 5.41) is 14.0. The summed E-state index contributed by atoms with van der Waals surface area (Å²) in [5.74, 6) is -1.43. The molecule has 0 saturated heterocycles. The third kappa shape index (κ3) is 62.4. The minimum Gasteiger partial charge on any atom is -0.862 e. The first-order chi connectivity index (χ1) is 27.9. The van der Waals surface area contributed by atoms with E-state index in [9.17, 15) is 31.3 Å². The van der Waals surface area contributed by atoms with Crippen molar-refractivity contribution in [1.82, 2.24) is 5.32 Å². The topological polar surface area (TPSA) is 176 Å². The van der Waals surface area contributed by atoms with Gasteiger partial charge in [0.1, 0.15) is 0 Å². The Bertz CT molecular complexity index is 1120. The maximum Gasteiger partial charge on any atom is 2.00 e. The average Bonchev–Trinajstić information content (AvgIpc) is 3.16. The molecule has 0 aliphatic rings. The Hall–Kier alpha value is 0.0197. The Morgan fingerprint density at radius 3 is 1.02 bits per heavy atom. The van der Waals surface area contributed by atoms with Gasteiger partial charge in [0, 0.05) is 13.0 Å². The SMILES string of the molecule is CCCCCCCCCCCCCCCCCCCCC(=O)NCCS(=O)(=O)O.CCCCCCCCCCCCCCCCCCCCC([O-])=NCCS(=O)(=O)[O-].[Ca+2]. The third-order valence-corrected chi connectivity index (χ3v) is 12.2. The normalized spacial score (nSPS) is 11.9. The molecule has 0 rings (SSSR count). The molecule has 0 spiro atoms. The zero-order chi connectivity index (χ0) is 43.3. The number of aliphatic imine (C=N–C) groups is 1. The zero-order valence-electron chi connectivity index (χ0n) is 38.5. The number of carbonyl (C=O) groups excluding carboxylic acids is 1. The second-order valence-electron chi connectivity index (χ2n) is 16.7. The maximum atomic E-state index is 11.5. The van der Waals surface area contributed by atoms with Crippen molar-refractivity contribution in [3.05, 3.63) is 0 Å². The molecule has 1 amide bonds.